The molecule has 2 N–H and O–H groups in total. The predicted molar refractivity (Wildman–Crippen MR) is 87.0 cm³/mol. The summed E-state index contributed by atoms with van der Waals surface area (Å²) in [5.74, 6) is 0. The van der Waals surface area contributed by atoms with E-state index in [2.05, 4.69) is 23.8 Å². The number of hydrogen-bond acceptors (Lipinski definition) is 4. The van der Waals surface area contributed by atoms with Crippen LogP contribution in [0.25, 0.3) is 5.69 Å². The monoisotopic (exact) mass is 286 g/mol. The van der Waals surface area contributed by atoms with Crippen molar-refractivity contribution in [1.82, 2.24) is 9.78 Å². The van der Waals surface area contributed by atoms with E-state index in [0.717, 1.165) is 37.3 Å². The minimum atomic E-state index is -0.270. The maximum Gasteiger partial charge on any atom is 0.296 e. The molecular formula is C16H22N4O. The number of nitrogens with two attached hydrogens (primary N) is 1. The molecule has 2 rings (SSSR count). The first-order valence-corrected chi connectivity index (χ1v) is 7.37. The van der Waals surface area contributed by atoms with Crippen LogP contribution in [-0.4, -0.2) is 22.9 Å². The molecule has 0 aliphatic rings. The maximum atomic E-state index is 12.4. The van der Waals surface area contributed by atoms with Gasteiger partial charge in [0, 0.05) is 13.1 Å². The zero-order chi connectivity index (χ0) is 15.2. The van der Waals surface area contributed by atoms with Crippen LogP contribution in [0.4, 0.5) is 11.4 Å². The smallest absolute Gasteiger partial charge is 0.296 e. The molecular weight excluding hydrogens is 264 g/mol. The van der Waals surface area contributed by atoms with E-state index in [9.17, 15) is 4.79 Å². The molecule has 0 saturated carbocycles. The first kappa shape index (κ1) is 15.1. The number of anilines is 2. The van der Waals surface area contributed by atoms with Gasteiger partial charge in [-0.3, -0.25) is 4.79 Å². The third-order valence-electron chi connectivity index (χ3n) is 3.50. The third-order valence-corrected chi connectivity index (χ3v) is 3.50. The van der Waals surface area contributed by atoms with Crippen LogP contribution in [0, 0.1) is 0 Å². The molecule has 0 aliphatic carbocycles. The van der Waals surface area contributed by atoms with E-state index in [1.807, 2.05) is 30.3 Å². The van der Waals surface area contributed by atoms with Crippen molar-refractivity contribution in [3.63, 3.8) is 0 Å². The van der Waals surface area contributed by atoms with Crippen LogP contribution in [0.15, 0.2) is 41.3 Å². The second-order valence-electron chi connectivity index (χ2n) is 4.93. The zero-order valence-corrected chi connectivity index (χ0v) is 12.6. The molecule has 1 aromatic carbocycles. The second kappa shape index (κ2) is 6.92. The van der Waals surface area contributed by atoms with Gasteiger partial charge in [0.15, 0.2) is 0 Å². The van der Waals surface area contributed by atoms with Crippen molar-refractivity contribution in [3.8, 4) is 5.69 Å². The van der Waals surface area contributed by atoms with Crippen molar-refractivity contribution in [2.24, 2.45) is 0 Å². The molecule has 0 radical (unpaired) electrons. The van der Waals surface area contributed by atoms with Gasteiger partial charge in [0.05, 0.1) is 17.6 Å². The lowest BCUT2D eigenvalue weighted by atomic mass is 10.2. The average Bonchev–Trinajstić information content (AvgIpc) is 2.52. The number of aromatic nitrogens is 2. The molecule has 0 saturated heterocycles. The van der Waals surface area contributed by atoms with Crippen LogP contribution in [0.5, 0.6) is 0 Å². The molecule has 0 aliphatic heterocycles. The highest BCUT2D eigenvalue weighted by molar-refractivity contribution is 5.65. The second-order valence-corrected chi connectivity index (χ2v) is 4.93. The van der Waals surface area contributed by atoms with Crippen molar-refractivity contribution in [2.75, 3.05) is 23.7 Å². The first-order valence-electron chi connectivity index (χ1n) is 7.37. The largest absolute Gasteiger partial charge is 0.392 e. The summed E-state index contributed by atoms with van der Waals surface area (Å²) in [6.07, 6.45) is 3.85. The van der Waals surface area contributed by atoms with Gasteiger partial charge in [-0.1, -0.05) is 31.5 Å². The zero-order valence-electron chi connectivity index (χ0n) is 12.6. The Morgan fingerprint density at radius 3 is 2.57 bits per heavy atom. The molecule has 0 fully saturated rings. The molecule has 2 aromatic rings. The van der Waals surface area contributed by atoms with E-state index >= 15 is 0 Å². The van der Waals surface area contributed by atoms with E-state index in [-0.39, 0.29) is 11.2 Å². The molecule has 5 nitrogen and oxygen atoms in total. The minimum absolute atomic E-state index is 0.256. The Morgan fingerprint density at radius 1 is 1.24 bits per heavy atom. The van der Waals surface area contributed by atoms with Crippen molar-refractivity contribution < 1.29 is 0 Å². The topological polar surface area (TPSA) is 64.2 Å². The van der Waals surface area contributed by atoms with E-state index in [4.69, 9.17) is 5.73 Å². The molecule has 0 atom stereocenters. The number of unbranched alkanes of at least 4 members (excludes halogenated alkanes) is 1. The van der Waals surface area contributed by atoms with E-state index < -0.39 is 0 Å². The summed E-state index contributed by atoms with van der Waals surface area (Å²) in [4.78, 5) is 14.5. The van der Waals surface area contributed by atoms with Gasteiger partial charge in [0.2, 0.25) is 0 Å². The van der Waals surface area contributed by atoms with Gasteiger partial charge in [-0.2, -0.15) is 9.78 Å². The maximum absolute atomic E-state index is 12.4. The van der Waals surface area contributed by atoms with E-state index in [1.165, 1.54) is 4.68 Å². The van der Waals surface area contributed by atoms with Crippen LogP contribution in [0.2, 0.25) is 0 Å². The van der Waals surface area contributed by atoms with Gasteiger partial charge >= 0.3 is 0 Å². The Bertz CT molecular complexity index is 636. The summed E-state index contributed by atoms with van der Waals surface area (Å²) in [6.45, 7) is 5.88. The fourth-order valence-corrected chi connectivity index (χ4v) is 2.26. The first-order chi connectivity index (χ1) is 10.2. The predicted octanol–water partition coefficient (Wildman–Crippen LogP) is 2.44. The molecule has 1 heterocycles. The fourth-order valence-electron chi connectivity index (χ4n) is 2.26. The number of nitrogens with zero attached hydrogens (tertiary/aromatic N) is 3. The highest BCUT2D eigenvalue weighted by Crippen LogP contribution is 2.19. The van der Waals surface area contributed by atoms with Crippen LogP contribution < -0.4 is 16.2 Å². The summed E-state index contributed by atoms with van der Waals surface area (Å²) < 4.78 is 1.34. The molecule has 1 aromatic heterocycles. The van der Waals surface area contributed by atoms with Gasteiger partial charge in [-0.15, -0.1) is 0 Å². The molecule has 0 unspecified atom stereocenters. The molecule has 112 valence electrons. The van der Waals surface area contributed by atoms with Gasteiger partial charge in [0.1, 0.15) is 5.69 Å². The number of hydrogen-bond donors (Lipinski definition) is 1. The van der Waals surface area contributed by atoms with E-state index in [1.54, 1.807) is 6.20 Å². The highest BCUT2D eigenvalue weighted by atomic mass is 16.1. The quantitative estimate of drug-likeness (QED) is 0.886. The van der Waals surface area contributed by atoms with Crippen LogP contribution >= 0.6 is 0 Å². The molecule has 0 amide bonds. The molecule has 5 heteroatoms. The number of benzene rings is 1. The van der Waals surface area contributed by atoms with Gasteiger partial charge < -0.3 is 10.6 Å². The number of para-hydroxylation sites is 1. The molecule has 0 spiro atoms. The third kappa shape index (κ3) is 3.24. The van der Waals surface area contributed by atoms with Gasteiger partial charge in [0.25, 0.3) is 5.56 Å². The molecule has 0 bridgehead atoms. The summed E-state index contributed by atoms with van der Waals surface area (Å²) >= 11 is 0. The number of nitrogen functional groups attached to an aromatic ring is 1. The van der Waals surface area contributed by atoms with Crippen molar-refractivity contribution in [3.05, 3.63) is 46.9 Å². The highest BCUT2D eigenvalue weighted by Gasteiger charge is 2.14. The summed E-state index contributed by atoms with van der Waals surface area (Å²) in [7, 11) is 0. The average molecular weight is 286 g/mol. The summed E-state index contributed by atoms with van der Waals surface area (Å²) in [5, 5.41) is 4.27. The summed E-state index contributed by atoms with van der Waals surface area (Å²) in [5.41, 5.74) is 7.49. The van der Waals surface area contributed by atoms with E-state index in [0.29, 0.717) is 0 Å². The standard InChI is InChI=1S/C16H22N4O/c1-3-5-11-19(4-2)14-12-18-20(16(21)15(14)17)13-9-7-6-8-10-13/h6-10,12H,3-5,11,17H2,1-2H3. The molecule has 21 heavy (non-hydrogen) atoms. The Balaban J connectivity index is 2.40. The lowest BCUT2D eigenvalue weighted by Crippen LogP contribution is -2.31. The van der Waals surface area contributed by atoms with Gasteiger partial charge in [-0.25, -0.2) is 0 Å². The number of rotatable bonds is 6. The lowest BCUT2D eigenvalue weighted by molar-refractivity contribution is 0.723. The fraction of sp³-hybridized carbons (Fsp3) is 0.375. The lowest BCUT2D eigenvalue weighted by Gasteiger charge is -2.24. The Kier molecular flexibility index (Phi) is 4.98. The Labute approximate surface area is 125 Å². The van der Waals surface area contributed by atoms with Crippen molar-refractivity contribution in [2.45, 2.75) is 26.7 Å². The minimum Gasteiger partial charge on any atom is -0.392 e. The Hall–Kier alpha value is -2.30. The van der Waals surface area contributed by atoms with Gasteiger partial charge in [-0.05, 0) is 25.5 Å². The SMILES string of the molecule is CCCCN(CC)c1cnn(-c2ccccc2)c(=O)c1N. The van der Waals surface area contributed by atoms with Crippen LogP contribution in [0.1, 0.15) is 26.7 Å². The Morgan fingerprint density at radius 2 is 1.95 bits per heavy atom. The van der Waals surface area contributed by atoms with Crippen LogP contribution in [-0.2, 0) is 0 Å². The van der Waals surface area contributed by atoms with Crippen molar-refractivity contribution in [1.29, 1.82) is 0 Å². The van der Waals surface area contributed by atoms with Crippen LogP contribution in [0.3, 0.4) is 0 Å². The normalized spacial score (nSPS) is 10.6. The summed E-state index contributed by atoms with van der Waals surface area (Å²) in [6, 6.07) is 9.31. The van der Waals surface area contributed by atoms with Crippen molar-refractivity contribution >= 4 is 11.4 Å².